The van der Waals surface area contributed by atoms with Gasteiger partial charge in [-0.2, -0.15) is 4.31 Å². The van der Waals surface area contributed by atoms with Crippen LogP contribution in [0.5, 0.6) is 11.5 Å². The summed E-state index contributed by atoms with van der Waals surface area (Å²) in [7, 11) is -3.80. The van der Waals surface area contributed by atoms with Crippen LogP contribution in [0.2, 0.25) is 0 Å². The van der Waals surface area contributed by atoms with E-state index in [0.29, 0.717) is 37.6 Å². The highest BCUT2D eigenvalue weighted by Crippen LogP contribution is 2.43. The van der Waals surface area contributed by atoms with Crippen LogP contribution in [0, 0.1) is 0 Å². The third-order valence-electron chi connectivity index (χ3n) is 5.18. The van der Waals surface area contributed by atoms with Crippen molar-refractivity contribution < 1.29 is 22.7 Å². The second kappa shape index (κ2) is 7.08. The second-order valence-corrected chi connectivity index (χ2v) is 10.3. The molecule has 8 heteroatoms. The van der Waals surface area contributed by atoms with Crippen molar-refractivity contribution in [1.82, 2.24) is 9.62 Å². The lowest BCUT2D eigenvalue weighted by Gasteiger charge is -2.53. The molecule has 1 fully saturated rings. The number of rotatable bonds is 4. The molecule has 0 spiro atoms. The third-order valence-corrected chi connectivity index (χ3v) is 7.49. The monoisotopic (exact) mass is 408 g/mol. The lowest BCUT2D eigenvalue weighted by atomic mass is 9.79. The maximum Gasteiger partial charge on any atom is 0.244 e. The van der Waals surface area contributed by atoms with Crippen molar-refractivity contribution >= 4 is 15.9 Å². The summed E-state index contributed by atoms with van der Waals surface area (Å²) in [6.07, 6.45) is 2.23. The first-order valence-electron chi connectivity index (χ1n) is 9.35. The summed E-state index contributed by atoms with van der Waals surface area (Å²) in [5, 5.41) is 2.92. The highest BCUT2D eigenvalue weighted by atomic mass is 32.2. The summed E-state index contributed by atoms with van der Waals surface area (Å²) < 4.78 is 39.9. The molecule has 0 radical (unpaired) electrons. The number of carbonyl (C=O) groups is 1. The van der Waals surface area contributed by atoms with E-state index in [-0.39, 0.29) is 16.8 Å². The molecule has 2 aliphatic heterocycles. The Bertz CT molecular complexity index is 874. The number of sulfonamides is 1. The van der Waals surface area contributed by atoms with E-state index in [9.17, 15) is 13.2 Å². The zero-order chi connectivity index (χ0) is 20.7. The van der Waals surface area contributed by atoms with Crippen molar-refractivity contribution in [2.24, 2.45) is 0 Å². The number of nitrogens with one attached hydrogen (secondary N) is 1. The third kappa shape index (κ3) is 3.75. The molecule has 0 aliphatic carbocycles. The fraction of sp³-hybridized carbons (Fsp3) is 0.550. The number of benzene rings is 1. The Balaban J connectivity index is 1.96. The minimum atomic E-state index is -3.80. The molecule has 1 amide bonds. The van der Waals surface area contributed by atoms with Crippen LogP contribution in [-0.4, -0.2) is 49.0 Å². The molecule has 2 aliphatic rings. The number of carbonyl (C=O) groups excluding carboxylic acids is 1. The van der Waals surface area contributed by atoms with Crippen LogP contribution in [0.25, 0.3) is 0 Å². The summed E-state index contributed by atoms with van der Waals surface area (Å²) >= 11 is 0. The van der Waals surface area contributed by atoms with E-state index in [1.54, 1.807) is 16.4 Å². The maximum absolute atomic E-state index is 13.6. The molecule has 0 atom stereocenters. The van der Waals surface area contributed by atoms with E-state index in [1.807, 2.05) is 27.7 Å². The summed E-state index contributed by atoms with van der Waals surface area (Å²) in [4.78, 5) is 11.9. The van der Waals surface area contributed by atoms with E-state index in [4.69, 9.17) is 9.47 Å². The van der Waals surface area contributed by atoms with E-state index < -0.39 is 21.1 Å². The molecule has 2 heterocycles. The van der Waals surface area contributed by atoms with Crippen LogP contribution in [0.4, 0.5) is 0 Å². The Morgan fingerprint density at radius 2 is 1.71 bits per heavy atom. The number of hydrogen-bond donors (Lipinski definition) is 1. The summed E-state index contributed by atoms with van der Waals surface area (Å²) in [6, 6.07) is 4.59. The van der Waals surface area contributed by atoms with Gasteiger partial charge in [-0.3, -0.25) is 4.79 Å². The van der Waals surface area contributed by atoms with Gasteiger partial charge in [0.1, 0.15) is 13.2 Å². The van der Waals surface area contributed by atoms with Gasteiger partial charge < -0.3 is 14.8 Å². The minimum Gasteiger partial charge on any atom is -0.486 e. The molecule has 7 nitrogen and oxygen atoms in total. The predicted molar refractivity (Wildman–Crippen MR) is 106 cm³/mol. The van der Waals surface area contributed by atoms with Gasteiger partial charge in [0.25, 0.3) is 0 Å². The molecular weight excluding hydrogens is 380 g/mol. The van der Waals surface area contributed by atoms with Crippen molar-refractivity contribution in [2.45, 2.75) is 62.6 Å². The number of ether oxygens (including phenoxy) is 2. The quantitative estimate of drug-likeness (QED) is 0.774. The number of fused-ring (bicyclic) bond motifs is 1. The lowest BCUT2D eigenvalue weighted by molar-refractivity contribution is -0.118. The first-order chi connectivity index (χ1) is 13.0. The highest BCUT2D eigenvalue weighted by Gasteiger charge is 2.52. The van der Waals surface area contributed by atoms with Gasteiger partial charge in [-0.1, -0.05) is 6.58 Å². The molecule has 1 N–H and O–H groups in total. The van der Waals surface area contributed by atoms with Crippen LogP contribution in [0.15, 0.2) is 35.7 Å². The van der Waals surface area contributed by atoms with Crippen LogP contribution in [0.1, 0.15) is 40.5 Å². The Morgan fingerprint density at radius 3 is 2.29 bits per heavy atom. The number of piperidine rings is 1. The number of amides is 1. The Morgan fingerprint density at radius 1 is 1.14 bits per heavy atom. The van der Waals surface area contributed by atoms with Gasteiger partial charge in [0.2, 0.25) is 15.9 Å². The Kier molecular flexibility index (Phi) is 5.22. The van der Waals surface area contributed by atoms with Gasteiger partial charge in [0, 0.05) is 23.2 Å². The normalized spacial score (nSPS) is 21.7. The smallest absolute Gasteiger partial charge is 0.244 e. The summed E-state index contributed by atoms with van der Waals surface area (Å²) in [6.45, 7) is 11.9. The fourth-order valence-corrected chi connectivity index (χ4v) is 6.72. The van der Waals surface area contributed by atoms with E-state index in [2.05, 4.69) is 11.9 Å². The van der Waals surface area contributed by atoms with Crippen molar-refractivity contribution in [3.63, 3.8) is 0 Å². The maximum atomic E-state index is 13.6. The first kappa shape index (κ1) is 20.7. The minimum absolute atomic E-state index is 0.137. The van der Waals surface area contributed by atoms with Crippen LogP contribution >= 0.6 is 0 Å². The molecule has 154 valence electrons. The molecule has 1 aromatic carbocycles. The zero-order valence-corrected chi connectivity index (χ0v) is 17.6. The molecule has 0 bridgehead atoms. The molecule has 1 aromatic rings. The number of nitrogens with zero attached hydrogens (tertiary/aromatic N) is 1. The van der Waals surface area contributed by atoms with Gasteiger partial charge in [0.05, 0.1) is 4.90 Å². The predicted octanol–water partition coefficient (Wildman–Crippen LogP) is 2.47. The van der Waals surface area contributed by atoms with Crippen molar-refractivity contribution in [3.05, 3.63) is 30.9 Å². The standard InChI is InChI=1S/C20H28N2O5S/c1-6-18(23)21-14-12-19(2,3)22(20(4,5)13-14)28(24,25)15-7-8-16-17(11-15)27-10-9-26-16/h6-8,11,14H,1,9-10,12-13H2,2-5H3,(H,21,23). The second-order valence-electron chi connectivity index (χ2n) is 8.52. The fourth-order valence-electron chi connectivity index (χ4n) is 4.57. The summed E-state index contributed by atoms with van der Waals surface area (Å²) in [5.74, 6) is 0.741. The Labute approximate surface area is 166 Å². The van der Waals surface area contributed by atoms with Crippen molar-refractivity contribution in [1.29, 1.82) is 0 Å². The van der Waals surface area contributed by atoms with Crippen LogP contribution in [-0.2, 0) is 14.8 Å². The van der Waals surface area contributed by atoms with Crippen LogP contribution < -0.4 is 14.8 Å². The SMILES string of the molecule is C=CC(=O)NC1CC(C)(C)N(S(=O)(=O)c2ccc3c(c2)OCCO3)C(C)(C)C1. The van der Waals surface area contributed by atoms with Gasteiger partial charge in [-0.25, -0.2) is 8.42 Å². The highest BCUT2D eigenvalue weighted by molar-refractivity contribution is 7.89. The van der Waals surface area contributed by atoms with E-state index in [1.165, 1.54) is 12.1 Å². The van der Waals surface area contributed by atoms with E-state index >= 15 is 0 Å². The van der Waals surface area contributed by atoms with Gasteiger partial charge in [0.15, 0.2) is 11.5 Å². The average molecular weight is 409 g/mol. The molecular formula is C20H28N2O5S. The lowest BCUT2D eigenvalue weighted by Crippen LogP contribution is -2.65. The molecule has 28 heavy (non-hydrogen) atoms. The molecule has 0 unspecified atom stereocenters. The topological polar surface area (TPSA) is 84.9 Å². The van der Waals surface area contributed by atoms with Crippen LogP contribution in [0.3, 0.4) is 0 Å². The Hall–Kier alpha value is -2.06. The summed E-state index contributed by atoms with van der Waals surface area (Å²) in [5.41, 5.74) is -1.40. The first-order valence-corrected chi connectivity index (χ1v) is 10.8. The van der Waals surface area contributed by atoms with Gasteiger partial charge >= 0.3 is 0 Å². The van der Waals surface area contributed by atoms with Gasteiger partial charge in [-0.15, -0.1) is 0 Å². The van der Waals surface area contributed by atoms with Gasteiger partial charge in [-0.05, 0) is 58.7 Å². The molecule has 3 rings (SSSR count). The molecule has 1 saturated heterocycles. The number of hydrogen-bond acceptors (Lipinski definition) is 5. The van der Waals surface area contributed by atoms with Crippen molar-refractivity contribution in [2.75, 3.05) is 13.2 Å². The largest absolute Gasteiger partial charge is 0.486 e. The molecule has 0 saturated carbocycles. The van der Waals surface area contributed by atoms with Crippen molar-refractivity contribution in [3.8, 4) is 11.5 Å². The van der Waals surface area contributed by atoms with E-state index in [0.717, 1.165) is 0 Å². The average Bonchev–Trinajstić information content (AvgIpc) is 2.58. The zero-order valence-electron chi connectivity index (χ0n) is 16.8. The molecule has 0 aromatic heterocycles.